The summed E-state index contributed by atoms with van der Waals surface area (Å²) >= 11 is 0. The first kappa shape index (κ1) is 25.8. The predicted molar refractivity (Wildman–Crippen MR) is 128 cm³/mol. The number of rotatable bonds is 7. The van der Waals surface area contributed by atoms with Gasteiger partial charge in [0.25, 0.3) is 0 Å². The van der Waals surface area contributed by atoms with E-state index in [-0.39, 0.29) is 30.0 Å². The quantitative estimate of drug-likeness (QED) is 0.544. The first-order chi connectivity index (χ1) is 16.5. The minimum Gasteiger partial charge on any atom is -0.458 e. The third kappa shape index (κ3) is 4.09. The van der Waals surface area contributed by atoms with Crippen LogP contribution in [0.5, 0.6) is 0 Å². The Morgan fingerprint density at radius 2 is 1.94 bits per heavy atom. The number of carbonyl (C=O) groups is 4. The average molecular weight is 487 g/mol. The van der Waals surface area contributed by atoms with Gasteiger partial charge in [-0.3, -0.25) is 19.2 Å². The van der Waals surface area contributed by atoms with Crippen molar-refractivity contribution in [1.82, 2.24) is 0 Å². The lowest BCUT2D eigenvalue weighted by atomic mass is 9.46. The topological polar surface area (TPSA) is 107 Å². The van der Waals surface area contributed by atoms with Crippen LogP contribution in [0.4, 0.5) is 0 Å². The highest BCUT2D eigenvalue weighted by molar-refractivity contribution is 6.01. The van der Waals surface area contributed by atoms with Crippen molar-refractivity contribution in [3.05, 3.63) is 23.8 Å². The zero-order valence-corrected chi connectivity index (χ0v) is 21.3. The van der Waals surface area contributed by atoms with Crippen LogP contribution in [0.2, 0.25) is 0 Å². The highest BCUT2D eigenvalue weighted by Crippen LogP contribution is 2.67. The maximum Gasteiger partial charge on any atom is 0.306 e. The summed E-state index contributed by atoms with van der Waals surface area (Å²) in [6.45, 7) is 6.86. The molecule has 0 amide bonds. The molecule has 1 N–H and O–H groups in total. The Hall–Kier alpha value is -2.28. The van der Waals surface area contributed by atoms with Crippen LogP contribution in [0.3, 0.4) is 0 Å². The molecule has 192 valence electrons. The lowest BCUT2D eigenvalue weighted by molar-refractivity contribution is -0.201. The molecule has 0 bridgehead atoms. The summed E-state index contributed by atoms with van der Waals surface area (Å²) in [5.74, 6) is -1.31. The maximum absolute atomic E-state index is 13.6. The molecule has 7 heteroatoms. The number of Topliss-reactive ketones (excluding diaryl/α,β-unsaturated/α-hetero) is 1. The molecule has 4 rings (SSSR count). The molecule has 4 aliphatic rings. The van der Waals surface area contributed by atoms with E-state index in [1.807, 2.05) is 19.9 Å². The Labute approximate surface area is 207 Å². The normalized spacial score (nSPS) is 39.7. The van der Waals surface area contributed by atoms with E-state index in [2.05, 4.69) is 6.92 Å². The number of fused-ring (bicyclic) bond motifs is 5. The first-order valence-corrected chi connectivity index (χ1v) is 13.0. The molecule has 0 heterocycles. The van der Waals surface area contributed by atoms with Crippen LogP contribution in [0, 0.1) is 28.6 Å². The van der Waals surface area contributed by atoms with E-state index in [9.17, 15) is 24.3 Å². The second-order valence-electron chi connectivity index (χ2n) is 11.4. The van der Waals surface area contributed by atoms with Gasteiger partial charge >= 0.3 is 11.9 Å². The standard InChI is InChI=1S/C28H38O7/c1-5-6-7-24(33)35-28(23(32)16-34-17(2)29)13-11-21-20-9-8-18-14-19(30)10-12-26(18,3)25(20)22(31)15-27(21,28)4/h10,12,14,20-22,25,31H,5-9,11,13,15-16H2,1-4H3/t20-,21+,22-,25-,26-,27-,28-/m0/s1. The van der Waals surface area contributed by atoms with Gasteiger partial charge in [-0.05, 0) is 62.5 Å². The lowest BCUT2D eigenvalue weighted by Crippen LogP contribution is -2.63. The fourth-order valence-corrected chi connectivity index (χ4v) is 7.85. The van der Waals surface area contributed by atoms with Gasteiger partial charge in [-0.1, -0.05) is 38.8 Å². The number of aliphatic hydroxyl groups is 1. The zero-order chi connectivity index (χ0) is 25.6. The van der Waals surface area contributed by atoms with E-state index in [1.165, 1.54) is 6.92 Å². The van der Waals surface area contributed by atoms with Crippen molar-refractivity contribution in [2.75, 3.05) is 6.61 Å². The summed E-state index contributed by atoms with van der Waals surface area (Å²) in [6.07, 6.45) is 9.17. The predicted octanol–water partition coefficient (Wildman–Crippen LogP) is 3.87. The van der Waals surface area contributed by atoms with Crippen LogP contribution in [0.1, 0.15) is 79.1 Å². The number of hydrogen-bond acceptors (Lipinski definition) is 7. The summed E-state index contributed by atoms with van der Waals surface area (Å²) in [5, 5.41) is 11.6. The number of unbranched alkanes of at least 4 members (excludes halogenated alkanes) is 1. The van der Waals surface area contributed by atoms with Crippen molar-refractivity contribution in [2.24, 2.45) is 28.6 Å². The smallest absolute Gasteiger partial charge is 0.306 e. The average Bonchev–Trinajstić information content (AvgIpc) is 3.08. The number of hydrogen-bond donors (Lipinski definition) is 1. The van der Waals surface area contributed by atoms with E-state index >= 15 is 0 Å². The van der Waals surface area contributed by atoms with Crippen LogP contribution in [-0.2, 0) is 28.7 Å². The third-order valence-corrected chi connectivity index (χ3v) is 9.50. The summed E-state index contributed by atoms with van der Waals surface area (Å²) in [4.78, 5) is 50.0. The van der Waals surface area contributed by atoms with Crippen LogP contribution in [0.15, 0.2) is 23.8 Å². The van der Waals surface area contributed by atoms with Gasteiger partial charge < -0.3 is 14.6 Å². The minimum absolute atomic E-state index is 0.0130. The fourth-order valence-electron chi connectivity index (χ4n) is 7.85. The van der Waals surface area contributed by atoms with E-state index in [1.54, 1.807) is 12.2 Å². The van der Waals surface area contributed by atoms with E-state index in [4.69, 9.17) is 9.47 Å². The molecule has 0 aromatic carbocycles. The molecule has 0 aromatic heterocycles. The second kappa shape index (κ2) is 9.30. The molecular weight excluding hydrogens is 448 g/mol. The van der Waals surface area contributed by atoms with Crippen LogP contribution in [0.25, 0.3) is 0 Å². The van der Waals surface area contributed by atoms with Gasteiger partial charge in [0.2, 0.25) is 5.78 Å². The Morgan fingerprint density at radius 3 is 2.63 bits per heavy atom. The second-order valence-corrected chi connectivity index (χ2v) is 11.4. The molecule has 3 saturated carbocycles. The summed E-state index contributed by atoms with van der Waals surface area (Å²) in [5.41, 5.74) is -1.56. The van der Waals surface area contributed by atoms with Crippen molar-refractivity contribution in [1.29, 1.82) is 0 Å². The molecule has 35 heavy (non-hydrogen) atoms. The molecule has 0 radical (unpaired) electrons. The van der Waals surface area contributed by atoms with Crippen LogP contribution < -0.4 is 0 Å². The van der Waals surface area contributed by atoms with Gasteiger partial charge in [0.15, 0.2) is 18.0 Å². The van der Waals surface area contributed by atoms with Crippen molar-refractivity contribution >= 4 is 23.5 Å². The number of ketones is 2. The van der Waals surface area contributed by atoms with Gasteiger partial charge in [-0.2, -0.15) is 0 Å². The summed E-state index contributed by atoms with van der Waals surface area (Å²) in [7, 11) is 0. The monoisotopic (exact) mass is 486 g/mol. The molecule has 7 nitrogen and oxygen atoms in total. The number of ether oxygens (including phenoxy) is 2. The van der Waals surface area contributed by atoms with Gasteiger partial charge in [-0.25, -0.2) is 0 Å². The molecule has 3 fully saturated rings. The summed E-state index contributed by atoms with van der Waals surface area (Å²) in [6, 6.07) is 0. The SMILES string of the molecule is CCCCC(=O)O[C@]1(C(=O)COC(C)=O)CC[C@@H]2[C@@H]3CCC4=CC(=O)C=C[C@]4(C)[C@@H]3[C@@H](O)C[C@@]21C. The van der Waals surface area contributed by atoms with Gasteiger partial charge in [0.05, 0.1) is 6.10 Å². The molecule has 0 saturated heterocycles. The molecule has 4 aliphatic carbocycles. The molecule has 7 atom stereocenters. The van der Waals surface area contributed by atoms with Crippen LogP contribution >= 0.6 is 0 Å². The molecule has 0 unspecified atom stereocenters. The van der Waals surface area contributed by atoms with Crippen molar-refractivity contribution in [2.45, 2.75) is 90.8 Å². The lowest BCUT2D eigenvalue weighted by Gasteiger charge is -2.59. The molecule has 0 aliphatic heterocycles. The number of aliphatic hydroxyl groups excluding tert-OH is 1. The number of esters is 2. The van der Waals surface area contributed by atoms with Crippen LogP contribution in [-0.4, -0.2) is 46.9 Å². The Morgan fingerprint density at radius 1 is 1.20 bits per heavy atom. The van der Waals surface area contributed by atoms with Crippen molar-refractivity contribution in [3.63, 3.8) is 0 Å². The highest BCUT2D eigenvalue weighted by atomic mass is 16.6. The summed E-state index contributed by atoms with van der Waals surface area (Å²) < 4.78 is 11.1. The Bertz CT molecular complexity index is 980. The number of carbonyl (C=O) groups excluding carboxylic acids is 4. The zero-order valence-electron chi connectivity index (χ0n) is 21.3. The third-order valence-electron chi connectivity index (χ3n) is 9.50. The van der Waals surface area contributed by atoms with E-state index in [0.29, 0.717) is 25.7 Å². The molecule has 0 spiro atoms. The fraction of sp³-hybridized carbons (Fsp3) is 0.714. The van der Waals surface area contributed by atoms with Gasteiger partial charge in [0.1, 0.15) is 0 Å². The largest absolute Gasteiger partial charge is 0.458 e. The van der Waals surface area contributed by atoms with E-state index < -0.39 is 46.9 Å². The van der Waals surface area contributed by atoms with Crippen molar-refractivity contribution in [3.8, 4) is 0 Å². The van der Waals surface area contributed by atoms with Crippen molar-refractivity contribution < 1.29 is 33.8 Å². The van der Waals surface area contributed by atoms with E-state index in [0.717, 1.165) is 24.8 Å². The van der Waals surface area contributed by atoms with Gasteiger partial charge in [0, 0.05) is 30.1 Å². The minimum atomic E-state index is -1.43. The number of allylic oxidation sites excluding steroid dienone is 4. The Kier molecular flexibility index (Phi) is 6.86. The molecular formula is C28H38O7. The highest BCUT2D eigenvalue weighted by Gasteiger charge is 2.70. The molecule has 0 aromatic rings. The first-order valence-electron chi connectivity index (χ1n) is 13.0. The Balaban J connectivity index is 1.70. The van der Waals surface area contributed by atoms with Gasteiger partial charge in [-0.15, -0.1) is 0 Å². The maximum atomic E-state index is 13.6.